The number of piperazine rings is 2. The second-order valence-corrected chi connectivity index (χ2v) is 36.1. The van der Waals surface area contributed by atoms with Gasteiger partial charge in [-0.2, -0.15) is 4.98 Å². The van der Waals surface area contributed by atoms with E-state index < -0.39 is 80.5 Å². The van der Waals surface area contributed by atoms with Crippen LogP contribution in [0.25, 0.3) is 50.2 Å². The zero-order valence-corrected chi connectivity index (χ0v) is 80.8. The van der Waals surface area contributed by atoms with Crippen molar-refractivity contribution in [2.45, 2.75) is 185 Å². The molecule has 2 aliphatic heterocycles. The molecule has 9 heterocycles. The van der Waals surface area contributed by atoms with Crippen molar-refractivity contribution >= 4 is 128 Å². The summed E-state index contributed by atoms with van der Waals surface area (Å²) in [7, 11) is 0.304. The van der Waals surface area contributed by atoms with Gasteiger partial charge in [0.1, 0.15) is 22.2 Å². The number of pyridine rings is 4. The fourth-order valence-electron chi connectivity index (χ4n) is 14.2. The highest BCUT2D eigenvalue weighted by atomic mass is 35.5. The van der Waals surface area contributed by atoms with Gasteiger partial charge in [0.25, 0.3) is 17.0 Å². The van der Waals surface area contributed by atoms with Crippen LogP contribution in [0.3, 0.4) is 0 Å². The first kappa shape index (κ1) is 106. The number of hydrogen-bond acceptors (Lipinski definition) is 21. The van der Waals surface area contributed by atoms with E-state index in [-0.39, 0.29) is 106 Å². The highest BCUT2D eigenvalue weighted by molar-refractivity contribution is 6.34. The minimum Gasteiger partial charge on any atom is -0.533 e. The lowest BCUT2D eigenvalue weighted by atomic mass is 9.98. The number of carbonyl (C=O) groups excluding carboxylic acids is 3. The van der Waals surface area contributed by atoms with Crippen LogP contribution in [-0.2, 0) is 9.47 Å². The second-order valence-electron chi connectivity index (χ2n) is 34.3. The van der Waals surface area contributed by atoms with Crippen LogP contribution in [-0.4, -0.2) is 157 Å². The van der Waals surface area contributed by atoms with E-state index in [0.29, 0.717) is 61.5 Å². The third-order valence-electron chi connectivity index (χ3n) is 20.6. The molecule has 709 valence electrons. The molecule has 40 heteroatoms. The number of hydrogen-bond donors (Lipinski definition) is 7. The maximum absolute atomic E-state index is 14.7. The Morgan fingerprint density at radius 3 is 1.27 bits per heavy atom. The quantitative estimate of drug-likeness (QED) is 0.0274. The molecule has 2 saturated heterocycles. The number of phenolic OH excluding ortho intramolecular Hbond substituents is 1. The molecule has 2 fully saturated rings. The van der Waals surface area contributed by atoms with Crippen molar-refractivity contribution in [3.63, 3.8) is 0 Å². The lowest BCUT2D eigenvalue weighted by Gasteiger charge is -2.40. The molecule has 133 heavy (non-hydrogen) atoms. The van der Waals surface area contributed by atoms with Crippen molar-refractivity contribution in [2.75, 3.05) is 49.9 Å². The fourth-order valence-corrected chi connectivity index (χ4v) is 15.0. The summed E-state index contributed by atoms with van der Waals surface area (Å²) in [4.78, 5) is 127. The van der Waals surface area contributed by atoms with Crippen LogP contribution in [0.2, 0.25) is 25.8 Å². The Morgan fingerprint density at radius 1 is 0.496 bits per heavy atom. The van der Waals surface area contributed by atoms with Crippen LogP contribution in [0.5, 0.6) is 11.5 Å². The van der Waals surface area contributed by atoms with Gasteiger partial charge in [0, 0.05) is 57.0 Å². The number of nitrogen functional groups attached to an aromatic ring is 1. The number of primary amides is 1. The molecule has 2 aliphatic rings. The van der Waals surface area contributed by atoms with E-state index in [2.05, 4.69) is 70.8 Å². The van der Waals surface area contributed by atoms with E-state index in [9.17, 15) is 60.3 Å². The molecule has 0 saturated carbocycles. The number of aryl methyl sites for hydroxylation is 4. The average molecular weight is 1940 g/mol. The number of para-hydroxylation sites is 5. The number of halogens is 10. The molecule has 7 aromatic heterocycles. The van der Waals surface area contributed by atoms with E-state index in [1.165, 1.54) is 43.0 Å². The highest BCUT2D eigenvalue weighted by Crippen LogP contribution is 2.36. The number of amides is 3. The van der Waals surface area contributed by atoms with Crippen LogP contribution in [0.15, 0.2) is 139 Å². The molecule has 0 aliphatic carbocycles. The predicted molar refractivity (Wildman–Crippen MR) is 511 cm³/mol. The van der Waals surface area contributed by atoms with Gasteiger partial charge in [-0.25, -0.2) is 79.6 Å². The van der Waals surface area contributed by atoms with Crippen molar-refractivity contribution in [3.05, 3.63) is 272 Å². The summed E-state index contributed by atoms with van der Waals surface area (Å²) in [5.74, 6) is -4.23. The molecule has 29 nitrogen and oxygen atoms in total. The highest BCUT2D eigenvalue weighted by Gasteiger charge is 2.35. The number of aromatic amines is 2. The lowest BCUT2D eigenvalue weighted by Crippen LogP contribution is -2.55. The van der Waals surface area contributed by atoms with E-state index >= 15 is 0 Å². The number of aromatic hydroxyl groups is 1. The van der Waals surface area contributed by atoms with Crippen molar-refractivity contribution in [1.29, 1.82) is 0 Å². The summed E-state index contributed by atoms with van der Waals surface area (Å²) in [6.07, 6.45) is -0.598. The molecule has 0 unspecified atom stereocenters. The molecular formula is C93H106BCl5F5N16O13. The summed E-state index contributed by atoms with van der Waals surface area (Å²) in [6.45, 7) is 42.7. The van der Waals surface area contributed by atoms with Gasteiger partial charge >= 0.3 is 36.9 Å². The largest absolute Gasteiger partial charge is 0.569 e. The van der Waals surface area contributed by atoms with E-state index in [1.54, 1.807) is 9.80 Å². The number of nitrogens with zero attached hydrogens (tertiary/aromatic N) is 11. The first-order valence-electron chi connectivity index (χ1n) is 42.0. The average Bonchev–Trinajstić information content (AvgIpc) is 0.750. The van der Waals surface area contributed by atoms with Gasteiger partial charge in [-0.1, -0.05) is 192 Å². The Labute approximate surface area is 789 Å². The number of H-pyrrole nitrogens is 2. The van der Waals surface area contributed by atoms with Crippen molar-refractivity contribution < 1.29 is 60.6 Å². The standard InChI is InChI=1S/C27H33ClFN5O3.2C17H15ClFN3O2.C10H20N2O2.C10H15N.C6H5BFO3.C6H3Cl2FN2O/c1-15(2)18-10-8-9-16(3)21(18)34-24-19(13-20(29)22(28)30-24)23(31-25(34)35)32-11-12-33(17(4)14-32)26(36)37-27(5,6)7;2*1-8(2)10-6-4-5-9(3)13(10)22-15-11(16(23)21-17(22)24)7-12(19)14(18)20-15;1-8-7-11-5-6-12(8)9(13)14-10(2,3)4;1-7(2)9-6-4-5-8(3)10(9)11;8-4-2-1-3-5(9)6(4)11-7-10;7-4-2(6(10)12)1-3(9)5(8)11-4/h8-10,13,15,17H,11-12,14H2,1-7H3;2*4-8H,1-3H3,(H,21,23,24);8,11H,5-7H2,1-4H3;4-7H,11H2,1-3H3;1-3,9-10H;1H,(H2,10,12)/t17-;;;8-;;;/m0..0.../s1. The van der Waals surface area contributed by atoms with Crippen LogP contribution in [0, 0.1) is 56.8 Å². The minimum atomic E-state index is -0.844. The molecule has 0 bridgehead atoms. The monoisotopic (exact) mass is 1940 g/mol. The number of phenols is 1. The van der Waals surface area contributed by atoms with Crippen molar-refractivity contribution in [3.8, 4) is 28.6 Å². The number of benzene rings is 5. The molecule has 12 aromatic rings. The normalized spacial score (nSPS) is 13.7. The van der Waals surface area contributed by atoms with Gasteiger partial charge in [-0.3, -0.25) is 24.4 Å². The predicted octanol–water partition coefficient (Wildman–Crippen LogP) is 18.0. The number of fused-ring (bicyclic) bond motifs is 3. The summed E-state index contributed by atoms with van der Waals surface area (Å²) < 4.78 is 86.5. The maximum atomic E-state index is 14.7. The summed E-state index contributed by atoms with van der Waals surface area (Å²) in [5, 5.41) is 18.9. The SMILES string of the molecule is C[C@H]1CNCCN1C(=O)OC(C)(C)C.Cc1cccc(C(C)C)c1-n1c(=O)[nH]c(=O)c2cc(F)c(Cl)nc21.Cc1cccc(C(C)C)c1-n1c(=O)[nH]c(=O)c2cc(F)c(Cl)nc21.Cc1cccc(C(C)C)c1-n1c(=O)nc(N2CCN(C(=O)OC(C)(C)C)[C@@H](C)C2)c2cc(F)c(Cl)nc21.Cc1cccc(C(C)C)c1N.NC(=O)c1cc(F)c(Cl)nc1Cl.O[B]Oc1c(O)cccc1F. The van der Waals surface area contributed by atoms with Crippen molar-refractivity contribution in [1.82, 2.24) is 63.7 Å². The number of ether oxygens (including phenoxy) is 2. The minimum absolute atomic E-state index is 0.0329. The number of rotatable bonds is 11. The lowest BCUT2D eigenvalue weighted by molar-refractivity contribution is 0.0136. The zero-order valence-electron chi connectivity index (χ0n) is 77.0. The van der Waals surface area contributed by atoms with Gasteiger partial charge in [0.05, 0.1) is 38.8 Å². The van der Waals surface area contributed by atoms with E-state index in [0.717, 1.165) is 83.0 Å². The summed E-state index contributed by atoms with van der Waals surface area (Å²) in [6, 6.07) is 31.1. The smallest absolute Gasteiger partial charge is 0.533 e. The molecular weight excluding hydrogens is 1830 g/mol. The third-order valence-corrected chi connectivity index (χ3v) is 22.0. The molecule has 1 radical (unpaired) electrons. The zero-order chi connectivity index (χ0) is 99.2. The first-order chi connectivity index (χ1) is 62.2. The number of nitrogens with one attached hydrogen (secondary N) is 3. The third kappa shape index (κ3) is 26.5. The molecule has 3 amide bonds. The molecule has 14 rings (SSSR count). The van der Waals surface area contributed by atoms with Crippen molar-refractivity contribution in [2.24, 2.45) is 5.73 Å². The number of nitrogens with two attached hydrogens (primary N) is 2. The Kier molecular flexibility index (Phi) is 36.5. The van der Waals surface area contributed by atoms with Gasteiger partial charge in [-0.05, 0) is 188 Å². The number of carbonyl (C=O) groups is 3. The topological polar surface area (TPSA) is 389 Å². The van der Waals surface area contributed by atoms with Crippen LogP contribution in [0.1, 0.15) is 189 Å². The molecule has 9 N–H and O–H groups in total. The summed E-state index contributed by atoms with van der Waals surface area (Å²) in [5.41, 5.74) is 17.2. The Morgan fingerprint density at radius 2 is 0.880 bits per heavy atom. The van der Waals surface area contributed by atoms with Gasteiger partial charge in [-0.15, -0.1) is 0 Å². The number of anilines is 2. The van der Waals surface area contributed by atoms with Crippen LogP contribution < -0.4 is 54.5 Å². The first-order valence-corrected chi connectivity index (χ1v) is 43.9. The second kappa shape index (κ2) is 45.6. The van der Waals surface area contributed by atoms with Gasteiger partial charge in [0.2, 0.25) is 0 Å². The maximum Gasteiger partial charge on any atom is 0.569 e. The fraction of sp³-hybridized carbons (Fsp3) is 0.366. The van der Waals surface area contributed by atoms with E-state index in [1.807, 2.05) is 190 Å². The Hall–Kier alpha value is -12.0. The summed E-state index contributed by atoms with van der Waals surface area (Å²) >= 11 is 28.4. The van der Waals surface area contributed by atoms with Crippen LogP contribution >= 0.6 is 58.0 Å². The number of aromatic nitrogens is 10. The van der Waals surface area contributed by atoms with Gasteiger partial charge < -0.3 is 55.7 Å². The molecule has 2 atom stereocenters. The van der Waals surface area contributed by atoms with Crippen LogP contribution in [0.4, 0.5) is 43.0 Å². The van der Waals surface area contributed by atoms with E-state index in [4.69, 9.17) is 89.1 Å². The molecule has 0 spiro atoms. The Balaban J connectivity index is 0.000000201. The molecule has 5 aromatic carbocycles. The Bertz CT molecular complexity index is 6440. The van der Waals surface area contributed by atoms with Gasteiger partial charge in [0.15, 0.2) is 78.1 Å².